The molecule has 0 bridgehead atoms. The second-order valence-electron chi connectivity index (χ2n) is 2.76. The van der Waals surface area contributed by atoms with Crippen molar-refractivity contribution in [3.63, 3.8) is 0 Å². The van der Waals surface area contributed by atoms with Crippen LogP contribution >= 0.6 is 12.6 Å². The van der Waals surface area contributed by atoms with Crippen LogP contribution in [0.2, 0.25) is 0 Å². The molecule has 1 aromatic rings. The fourth-order valence-electron chi connectivity index (χ4n) is 1.05. The van der Waals surface area contributed by atoms with E-state index in [1.54, 1.807) is 19.1 Å². The Morgan fingerprint density at radius 1 is 1.62 bits per heavy atom. The third-order valence-electron chi connectivity index (χ3n) is 1.74. The first-order valence-corrected chi connectivity index (χ1v) is 4.16. The molecule has 0 saturated carbocycles. The largest absolute Gasteiger partial charge is 0.481 e. The monoisotopic (exact) mass is 200 g/mol. The Hall–Kier alpha value is -1.03. The average molecular weight is 200 g/mol. The summed E-state index contributed by atoms with van der Waals surface area (Å²) < 4.78 is 13.3. The van der Waals surface area contributed by atoms with Crippen molar-refractivity contribution < 1.29 is 14.3 Å². The molecular weight excluding hydrogens is 191 g/mol. The highest BCUT2D eigenvalue weighted by Gasteiger charge is 2.11. The summed E-state index contributed by atoms with van der Waals surface area (Å²) in [6, 6.07) is 3.17. The maximum Gasteiger partial charge on any atom is 0.307 e. The van der Waals surface area contributed by atoms with Gasteiger partial charge in [-0.15, -0.1) is 12.6 Å². The van der Waals surface area contributed by atoms with Gasteiger partial charge in [-0.2, -0.15) is 0 Å². The summed E-state index contributed by atoms with van der Waals surface area (Å²) >= 11 is 3.99. The lowest BCUT2D eigenvalue weighted by atomic mass is 10.1. The van der Waals surface area contributed by atoms with E-state index < -0.39 is 11.8 Å². The van der Waals surface area contributed by atoms with Gasteiger partial charge in [-0.3, -0.25) is 4.79 Å². The summed E-state index contributed by atoms with van der Waals surface area (Å²) in [5.74, 6) is -1.53. The fourth-order valence-corrected chi connectivity index (χ4v) is 1.30. The molecule has 0 radical (unpaired) electrons. The van der Waals surface area contributed by atoms with E-state index in [1.807, 2.05) is 0 Å². The van der Waals surface area contributed by atoms with Crippen LogP contribution in [0.25, 0.3) is 0 Å². The number of halogens is 1. The molecule has 0 unspecified atom stereocenters. The highest BCUT2D eigenvalue weighted by molar-refractivity contribution is 7.80. The van der Waals surface area contributed by atoms with E-state index in [0.29, 0.717) is 10.5 Å². The van der Waals surface area contributed by atoms with Gasteiger partial charge in [0.25, 0.3) is 0 Å². The van der Waals surface area contributed by atoms with Crippen LogP contribution in [0.15, 0.2) is 17.0 Å². The second-order valence-corrected chi connectivity index (χ2v) is 3.25. The molecule has 4 heteroatoms. The molecule has 1 aromatic carbocycles. The van der Waals surface area contributed by atoms with Crippen molar-refractivity contribution in [2.24, 2.45) is 0 Å². The van der Waals surface area contributed by atoms with Gasteiger partial charge in [0.15, 0.2) is 0 Å². The second kappa shape index (κ2) is 3.79. The van der Waals surface area contributed by atoms with Gasteiger partial charge < -0.3 is 5.11 Å². The minimum Gasteiger partial charge on any atom is -0.481 e. The van der Waals surface area contributed by atoms with Gasteiger partial charge in [0, 0.05) is 10.5 Å². The average Bonchev–Trinajstić information content (AvgIpc) is 2.05. The summed E-state index contributed by atoms with van der Waals surface area (Å²) in [7, 11) is 0. The van der Waals surface area contributed by atoms with E-state index in [1.165, 1.54) is 0 Å². The van der Waals surface area contributed by atoms with Crippen LogP contribution in [0.4, 0.5) is 4.39 Å². The Morgan fingerprint density at radius 3 is 2.77 bits per heavy atom. The number of hydrogen-bond donors (Lipinski definition) is 2. The molecule has 0 aliphatic heterocycles. The van der Waals surface area contributed by atoms with Crippen LogP contribution < -0.4 is 0 Å². The Morgan fingerprint density at radius 2 is 2.23 bits per heavy atom. The predicted molar refractivity (Wildman–Crippen MR) is 49.7 cm³/mol. The normalized spacial score (nSPS) is 10.1. The fraction of sp³-hybridized carbons (Fsp3) is 0.222. The zero-order valence-corrected chi connectivity index (χ0v) is 7.94. The van der Waals surface area contributed by atoms with Crippen molar-refractivity contribution in [1.82, 2.24) is 0 Å². The van der Waals surface area contributed by atoms with Crippen LogP contribution in [0, 0.1) is 12.7 Å². The molecule has 2 nitrogen and oxygen atoms in total. The number of rotatable bonds is 2. The molecule has 0 amide bonds. The van der Waals surface area contributed by atoms with Gasteiger partial charge in [0.1, 0.15) is 5.82 Å². The van der Waals surface area contributed by atoms with Crippen molar-refractivity contribution in [3.8, 4) is 0 Å². The molecule has 0 heterocycles. The Labute approximate surface area is 80.8 Å². The van der Waals surface area contributed by atoms with Crippen molar-refractivity contribution >= 4 is 18.6 Å². The van der Waals surface area contributed by atoms with Crippen LogP contribution in [0.3, 0.4) is 0 Å². The lowest BCUT2D eigenvalue weighted by molar-refractivity contribution is -0.136. The van der Waals surface area contributed by atoms with Crippen molar-refractivity contribution in [3.05, 3.63) is 29.1 Å². The minimum atomic E-state index is -1.06. The molecular formula is C9H9FO2S. The maximum atomic E-state index is 13.3. The number of carboxylic acid groups (broad SMARTS) is 1. The minimum absolute atomic E-state index is 0.149. The maximum absolute atomic E-state index is 13.3. The molecule has 0 spiro atoms. The highest BCUT2D eigenvalue weighted by Crippen LogP contribution is 2.20. The number of aryl methyl sites for hydroxylation is 1. The summed E-state index contributed by atoms with van der Waals surface area (Å²) in [5.41, 5.74) is 0.588. The smallest absolute Gasteiger partial charge is 0.307 e. The van der Waals surface area contributed by atoms with Gasteiger partial charge in [0.2, 0.25) is 0 Å². The number of carboxylic acids is 1. The SMILES string of the molecule is Cc1ccc(S)c(CC(=O)O)c1F. The van der Waals surface area contributed by atoms with E-state index >= 15 is 0 Å². The zero-order chi connectivity index (χ0) is 10.0. The zero-order valence-electron chi connectivity index (χ0n) is 7.04. The number of aliphatic carboxylic acids is 1. The Balaban J connectivity index is 3.17. The summed E-state index contributed by atoms with van der Waals surface area (Å²) in [4.78, 5) is 10.8. The van der Waals surface area contributed by atoms with Crippen molar-refractivity contribution in [2.45, 2.75) is 18.2 Å². The van der Waals surface area contributed by atoms with E-state index in [0.717, 1.165) is 0 Å². The first kappa shape index (κ1) is 10.1. The number of carbonyl (C=O) groups is 1. The first-order valence-electron chi connectivity index (χ1n) is 3.71. The Kier molecular flexibility index (Phi) is 2.93. The quantitative estimate of drug-likeness (QED) is 0.717. The van der Waals surface area contributed by atoms with Crippen LogP contribution in [-0.2, 0) is 11.2 Å². The van der Waals surface area contributed by atoms with E-state index in [9.17, 15) is 9.18 Å². The first-order chi connectivity index (χ1) is 6.02. The topological polar surface area (TPSA) is 37.3 Å². The van der Waals surface area contributed by atoms with Crippen molar-refractivity contribution in [2.75, 3.05) is 0 Å². The molecule has 1 N–H and O–H groups in total. The number of benzene rings is 1. The molecule has 0 saturated heterocycles. The van der Waals surface area contributed by atoms with E-state index in [4.69, 9.17) is 5.11 Å². The van der Waals surface area contributed by atoms with E-state index in [-0.39, 0.29) is 12.0 Å². The summed E-state index contributed by atoms with van der Waals surface area (Å²) in [6.45, 7) is 1.59. The third kappa shape index (κ3) is 2.21. The molecule has 0 aromatic heterocycles. The van der Waals surface area contributed by atoms with Crippen LogP contribution in [0.5, 0.6) is 0 Å². The molecule has 13 heavy (non-hydrogen) atoms. The molecule has 0 aliphatic rings. The highest BCUT2D eigenvalue weighted by atomic mass is 32.1. The van der Waals surface area contributed by atoms with E-state index in [2.05, 4.69) is 12.6 Å². The van der Waals surface area contributed by atoms with Crippen LogP contribution in [0.1, 0.15) is 11.1 Å². The van der Waals surface area contributed by atoms with Crippen molar-refractivity contribution in [1.29, 1.82) is 0 Å². The van der Waals surface area contributed by atoms with Gasteiger partial charge in [-0.05, 0) is 18.6 Å². The number of thiol groups is 1. The van der Waals surface area contributed by atoms with Gasteiger partial charge >= 0.3 is 5.97 Å². The molecule has 0 atom stereocenters. The summed E-state index contributed by atoms with van der Waals surface area (Å²) in [5, 5.41) is 8.51. The van der Waals surface area contributed by atoms with Gasteiger partial charge in [-0.25, -0.2) is 4.39 Å². The predicted octanol–water partition coefficient (Wildman–Crippen LogP) is 2.05. The Bertz CT molecular complexity index is 350. The van der Waals surface area contributed by atoms with Gasteiger partial charge in [0.05, 0.1) is 6.42 Å². The van der Waals surface area contributed by atoms with Crippen LogP contribution in [-0.4, -0.2) is 11.1 Å². The summed E-state index contributed by atoms with van der Waals surface area (Å²) in [6.07, 6.45) is -0.327. The lowest BCUT2D eigenvalue weighted by Gasteiger charge is -2.05. The standard InChI is InChI=1S/C9H9FO2S/c1-5-2-3-7(13)6(9(5)10)4-8(11)12/h2-3,13H,4H2,1H3,(H,11,12). The van der Waals surface area contributed by atoms with Gasteiger partial charge in [-0.1, -0.05) is 6.07 Å². The molecule has 0 fully saturated rings. The molecule has 1 rings (SSSR count). The molecule has 0 aliphatic carbocycles. The number of hydrogen-bond acceptors (Lipinski definition) is 2. The lowest BCUT2D eigenvalue weighted by Crippen LogP contribution is -2.04. The molecule has 70 valence electrons. The third-order valence-corrected chi connectivity index (χ3v) is 2.16.